The number of nitrogens with zero attached hydrogens (tertiary/aromatic N) is 2. The highest BCUT2D eigenvalue weighted by atomic mass is 14.8. The van der Waals surface area contributed by atoms with Crippen LogP contribution in [-0.2, 0) is 0 Å². The van der Waals surface area contributed by atoms with Crippen molar-refractivity contribution in [2.75, 3.05) is 0 Å². The molecule has 0 atom stereocenters. The maximum absolute atomic E-state index is 4.63. The second-order valence-corrected chi connectivity index (χ2v) is 4.09. The monoisotopic (exact) mass is 248 g/mol. The lowest BCUT2D eigenvalue weighted by molar-refractivity contribution is 1.22. The first kappa shape index (κ1) is 13.0. The van der Waals surface area contributed by atoms with Crippen molar-refractivity contribution in [2.45, 2.75) is 6.92 Å². The minimum absolute atomic E-state index is 0.888. The molecule has 2 rings (SSSR count). The molecular formula is C17H16N2. The standard InChI is InChI=1S/C17H16N2/c1-3-4-5-9-14(2)15-11-8-12-17(19-15)16-10-6-7-13-18-16/h3-13H,1H2,2H3. The average molecular weight is 248 g/mol. The Hall–Kier alpha value is -2.48. The highest BCUT2D eigenvalue weighted by Crippen LogP contribution is 2.17. The fraction of sp³-hybridized carbons (Fsp3) is 0.0588. The van der Waals surface area contributed by atoms with Gasteiger partial charge in [0.2, 0.25) is 0 Å². The van der Waals surface area contributed by atoms with Crippen LogP contribution in [0.5, 0.6) is 0 Å². The van der Waals surface area contributed by atoms with Crippen molar-refractivity contribution < 1.29 is 0 Å². The van der Waals surface area contributed by atoms with Gasteiger partial charge in [-0.2, -0.15) is 0 Å². The topological polar surface area (TPSA) is 25.8 Å². The van der Waals surface area contributed by atoms with E-state index in [0.717, 1.165) is 22.7 Å². The van der Waals surface area contributed by atoms with Crippen LogP contribution < -0.4 is 0 Å². The van der Waals surface area contributed by atoms with Crippen LogP contribution >= 0.6 is 0 Å². The van der Waals surface area contributed by atoms with E-state index in [1.54, 1.807) is 12.3 Å². The zero-order valence-corrected chi connectivity index (χ0v) is 11.0. The van der Waals surface area contributed by atoms with Crippen molar-refractivity contribution in [3.8, 4) is 11.4 Å². The Kier molecular flexibility index (Phi) is 4.40. The molecule has 0 aromatic carbocycles. The molecule has 0 saturated heterocycles. The zero-order valence-electron chi connectivity index (χ0n) is 11.0. The number of allylic oxidation sites excluding steroid dienone is 5. The molecule has 94 valence electrons. The number of hydrogen-bond donors (Lipinski definition) is 0. The molecule has 0 N–H and O–H groups in total. The lowest BCUT2D eigenvalue weighted by atomic mass is 10.1. The SMILES string of the molecule is C=CC=CC=C(C)c1cccc(-c2ccccn2)n1. The molecule has 0 amide bonds. The number of hydrogen-bond acceptors (Lipinski definition) is 2. The van der Waals surface area contributed by atoms with E-state index < -0.39 is 0 Å². The van der Waals surface area contributed by atoms with Gasteiger partial charge in [0, 0.05) is 6.20 Å². The molecule has 19 heavy (non-hydrogen) atoms. The quantitative estimate of drug-likeness (QED) is 0.754. The molecule has 0 unspecified atom stereocenters. The van der Waals surface area contributed by atoms with Gasteiger partial charge < -0.3 is 0 Å². The molecular weight excluding hydrogens is 232 g/mol. The summed E-state index contributed by atoms with van der Waals surface area (Å²) < 4.78 is 0. The van der Waals surface area contributed by atoms with Gasteiger partial charge in [0.1, 0.15) is 0 Å². The fourth-order valence-electron chi connectivity index (χ4n) is 1.68. The van der Waals surface area contributed by atoms with E-state index in [0.29, 0.717) is 0 Å². The van der Waals surface area contributed by atoms with Gasteiger partial charge in [-0.05, 0) is 36.8 Å². The first-order valence-corrected chi connectivity index (χ1v) is 6.16. The highest BCUT2D eigenvalue weighted by molar-refractivity contribution is 5.65. The molecule has 2 heterocycles. The van der Waals surface area contributed by atoms with E-state index in [2.05, 4.69) is 16.5 Å². The molecule has 0 radical (unpaired) electrons. The summed E-state index contributed by atoms with van der Waals surface area (Å²) in [6, 6.07) is 11.8. The second-order valence-electron chi connectivity index (χ2n) is 4.09. The van der Waals surface area contributed by atoms with Crippen molar-refractivity contribution in [3.05, 3.63) is 79.2 Å². The molecule has 2 aromatic heterocycles. The lowest BCUT2D eigenvalue weighted by Crippen LogP contribution is -1.91. The van der Waals surface area contributed by atoms with E-state index >= 15 is 0 Å². The van der Waals surface area contributed by atoms with Crippen molar-refractivity contribution in [2.24, 2.45) is 0 Å². The van der Waals surface area contributed by atoms with Crippen LogP contribution in [0, 0.1) is 0 Å². The summed E-state index contributed by atoms with van der Waals surface area (Å²) in [4.78, 5) is 8.95. The van der Waals surface area contributed by atoms with Crippen LogP contribution in [0.4, 0.5) is 0 Å². The summed E-state index contributed by atoms with van der Waals surface area (Å²) in [6.07, 6.45) is 9.40. The number of aromatic nitrogens is 2. The van der Waals surface area contributed by atoms with Gasteiger partial charge in [0.25, 0.3) is 0 Å². The molecule has 2 heteroatoms. The first-order valence-electron chi connectivity index (χ1n) is 6.16. The molecule has 2 nitrogen and oxygen atoms in total. The third-order valence-electron chi connectivity index (χ3n) is 2.67. The largest absolute Gasteiger partial charge is 0.255 e. The Morgan fingerprint density at radius 3 is 2.63 bits per heavy atom. The van der Waals surface area contributed by atoms with Gasteiger partial charge in [-0.3, -0.25) is 4.98 Å². The molecule has 0 bridgehead atoms. The van der Waals surface area contributed by atoms with Crippen molar-refractivity contribution in [3.63, 3.8) is 0 Å². The Balaban J connectivity index is 2.32. The predicted octanol–water partition coefficient (Wildman–Crippen LogP) is 4.29. The summed E-state index contributed by atoms with van der Waals surface area (Å²) in [5, 5.41) is 0. The Bertz CT molecular complexity index is 610. The van der Waals surface area contributed by atoms with Crippen LogP contribution in [0.15, 0.2) is 73.5 Å². The summed E-state index contributed by atoms with van der Waals surface area (Å²) in [5.74, 6) is 0. The van der Waals surface area contributed by atoms with Crippen molar-refractivity contribution in [1.82, 2.24) is 9.97 Å². The molecule has 0 aliphatic heterocycles. The second kappa shape index (κ2) is 6.45. The summed E-state index contributed by atoms with van der Waals surface area (Å²) in [6.45, 7) is 5.68. The number of pyridine rings is 2. The maximum Gasteiger partial charge on any atom is 0.0893 e. The van der Waals surface area contributed by atoms with Gasteiger partial charge >= 0.3 is 0 Å². The van der Waals surface area contributed by atoms with Crippen LogP contribution in [0.3, 0.4) is 0 Å². The van der Waals surface area contributed by atoms with Crippen LogP contribution in [0.2, 0.25) is 0 Å². The Morgan fingerprint density at radius 2 is 1.89 bits per heavy atom. The highest BCUT2D eigenvalue weighted by Gasteiger charge is 2.02. The van der Waals surface area contributed by atoms with Gasteiger partial charge in [-0.15, -0.1) is 0 Å². The zero-order chi connectivity index (χ0) is 13.5. The minimum Gasteiger partial charge on any atom is -0.255 e. The smallest absolute Gasteiger partial charge is 0.0893 e. The third kappa shape index (κ3) is 3.49. The van der Waals surface area contributed by atoms with E-state index in [1.165, 1.54) is 0 Å². The minimum atomic E-state index is 0.888. The summed E-state index contributed by atoms with van der Waals surface area (Å²) in [7, 11) is 0. The normalized spacial score (nSPS) is 11.7. The van der Waals surface area contributed by atoms with Gasteiger partial charge in [-0.25, -0.2) is 4.98 Å². The van der Waals surface area contributed by atoms with Crippen LogP contribution in [0.25, 0.3) is 17.0 Å². The third-order valence-corrected chi connectivity index (χ3v) is 2.67. The maximum atomic E-state index is 4.63. The van der Waals surface area contributed by atoms with Crippen molar-refractivity contribution >= 4 is 5.57 Å². The van der Waals surface area contributed by atoms with Gasteiger partial charge in [0.05, 0.1) is 17.1 Å². The van der Waals surface area contributed by atoms with E-state index in [1.807, 2.05) is 61.5 Å². The molecule has 2 aromatic rings. The van der Waals surface area contributed by atoms with E-state index in [9.17, 15) is 0 Å². The van der Waals surface area contributed by atoms with E-state index in [-0.39, 0.29) is 0 Å². The predicted molar refractivity (Wildman–Crippen MR) is 80.5 cm³/mol. The summed E-state index contributed by atoms with van der Waals surface area (Å²) in [5.41, 5.74) is 3.84. The van der Waals surface area contributed by atoms with Gasteiger partial charge in [0.15, 0.2) is 0 Å². The Labute approximate surface area is 113 Å². The molecule has 0 saturated carbocycles. The van der Waals surface area contributed by atoms with Crippen LogP contribution in [-0.4, -0.2) is 9.97 Å². The average Bonchev–Trinajstić information content (AvgIpc) is 2.48. The number of rotatable bonds is 4. The summed E-state index contributed by atoms with van der Waals surface area (Å²) >= 11 is 0. The molecule has 0 aliphatic rings. The molecule has 0 fully saturated rings. The molecule has 0 aliphatic carbocycles. The first-order chi connectivity index (χ1) is 9.31. The van der Waals surface area contributed by atoms with Crippen molar-refractivity contribution in [1.29, 1.82) is 0 Å². The Morgan fingerprint density at radius 1 is 1.05 bits per heavy atom. The molecule has 0 spiro atoms. The van der Waals surface area contributed by atoms with E-state index in [4.69, 9.17) is 0 Å². The lowest BCUT2D eigenvalue weighted by Gasteiger charge is -2.03. The van der Waals surface area contributed by atoms with Crippen LogP contribution in [0.1, 0.15) is 12.6 Å². The fourth-order valence-corrected chi connectivity index (χ4v) is 1.68. The van der Waals surface area contributed by atoms with Gasteiger partial charge in [-0.1, -0.05) is 43.0 Å².